The SMILES string of the molecule is COCCCN(Cc1ccc(C)o1)CC(C)O. The van der Waals surface area contributed by atoms with Gasteiger partial charge in [-0.3, -0.25) is 4.90 Å². The summed E-state index contributed by atoms with van der Waals surface area (Å²) in [5, 5.41) is 9.46. The minimum Gasteiger partial charge on any atom is -0.465 e. The fourth-order valence-corrected chi connectivity index (χ4v) is 1.83. The zero-order valence-electron chi connectivity index (χ0n) is 11.0. The molecule has 1 unspecified atom stereocenters. The van der Waals surface area contributed by atoms with Crippen LogP contribution in [0.25, 0.3) is 0 Å². The zero-order valence-corrected chi connectivity index (χ0v) is 11.0. The topological polar surface area (TPSA) is 45.8 Å². The summed E-state index contributed by atoms with van der Waals surface area (Å²) in [6, 6.07) is 3.95. The van der Waals surface area contributed by atoms with E-state index in [1.54, 1.807) is 14.0 Å². The maximum atomic E-state index is 9.46. The van der Waals surface area contributed by atoms with Crippen molar-refractivity contribution in [3.8, 4) is 0 Å². The fraction of sp³-hybridized carbons (Fsp3) is 0.692. The first-order valence-corrected chi connectivity index (χ1v) is 6.06. The minimum absolute atomic E-state index is 0.325. The molecule has 0 aliphatic rings. The molecule has 4 nitrogen and oxygen atoms in total. The number of aryl methyl sites for hydroxylation is 1. The first-order valence-electron chi connectivity index (χ1n) is 6.06. The molecule has 1 aromatic rings. The molecule has 1 heterocycles. The fourth-order valence-electron chi connectivity index (χ4n) is 1.83. The standard InChI is InChI=1S/C13H23NO3/c1-11(15)9-14(7-4-8-16-3)10-13-6-5-12(2)17-13/h5-6,11,15H,4,7-10H2,1-3H3. The highest BCUT2D eigenvalue weighted by atomic mass is 16.5. The molecule has 98 valence electrons. The molecule has 1 atom stereocenters. The van der Waals surface area contributed by atoms with Gasteiger partial charge in [-0.25, -0.2) is 0 Å². The second kappa shape index (κ2) is 7.48. The van der Waals surface area contributed by atoms with E-state index in [4.69, 9.17) is 9.15 Å². The van der Waals surface area contributed by atoms with Crippen LogP contribution in [0.1, 0.15) is 24.9 Å². The molecule has 0 aliphatic heterocycles. The second-order valence-corrected chi connectivity index (χ2v) is 4.44. The van der Waals surface area contributed by atoms with Crippen molar-refractivity contribution in [2.24, 2.45) is 0 Å². The van der Waals surface area contributed by atoms with Gasteiger partial charge in [0.2, 0.25) is 0 Å². The lowest BCUT2D eigenvalue weighted by molar-refractivity contribution is 0.106. The predicted octanol–water partition coefficient (Wildman–Crippen LogP) is 1.81. The predicted molar refractivity (Wildman–Crippen MR) is 66.9 cm³/mol. The molecule has 0 amide bonds. The number of hydrogen-bond acceptors (Lipinski definition) is 4. The third-order valence-corrected chi connectivity index (χ3v) is 2.52. The van der Waals surface area contributed by atoms with E-state index in [2.05, 4.69) is 4.90 Å². The molecule has 17 heavy (non-hydrogen) atoms. The maximum absolute atomic E-state index is 9.46. The van der Waals surface area contributed by atoms with Crippen LogP contribution >= 0.6 is 0 Å². The van der Waals surface area contributed by atoms with Gasteiger partial charge in [0.1, 0.15) is 11.5 Å². The first-order chi connectivity index (χ1) is 8.11. The zero-order chi connectivity index (χ0) is 12.7. The second-order valence-electron chi connectivity index (χ2n) is 4.44. The van der Waals surface area contributed by atoms with Gasteiger partial charge in [0, 0.05) is 26.8 Å². The van der Waals surface area contributed by atoms with E-state index in [-0.39, 0.29) is 6.10 Å². The Morgan fingerprint density at radius 3 is 2.76 bits per heavy atom. The molecule has 0 radical (unpaired) electrons. The lowest BCUT2D eigenvalue weighted by Crippen LogP contribution is -2.31. The highest BCUT2D eigenvalue weighted by Crippen LogP contribution is 2.10. The molecule has 0 bridgehead atoms. The van der Waals surface area contributed by atoms with Crippen LogP contribution in [0, 0.1) is 6.92 Å². The third kappa shape index (κ3) is 5.86. The van der Waals surface area contributed by atoms with Crippen molar-refractivity contribution in [2.75, 3.05) is 26.8 Å². The molecule has 1 N–H and O–H groups in total. The van der Waals surface area contributed by atoms with Gasteiger partial charge in [-0.2, -0.15) is 0 Å². The van der Waals surface area contributed by atoms with E-state index in [9.17, 15) is 5.11 Å². The van der Waals surface area contributed by atoms with E-state index in [0.717, 1.165) is 37.6 Å². The molecule has 0 saturated carbocycles. The molecule has 0 saturated heterocycles. The number of ether oxygens (including phenoxy) is 1. The van der Waals surface area contributed by atoms with E-state index in [0.29, 0.717) is 6.54 Å². The number of hydrogen-bond donors (Lipinski definition) is 1. The Morgan fingerprint density at radius 2 is 2.24 bits per heavy atom. The van der Waals surface area contributed by atoms with Crippen LogP contribution in [0.5, 0.6) is 0 Å². The lowest BCUT2D eigenvalue weighted by atomic mass is 10.3. The maximum Gasteiger partial charge on any atom is 0.118 e. The molecular formula is C13H23NO3. The number of aliphatic hydroxyl groups is 1. The average Bonchev–Trinajstić information content (AvgIpc) is 2.63. The Morgan fingerprint density at radius 1 is 1.47 bits per heavy atom. The van der Waals surface area contributed by atoms with Crippen LogP contribution < -0.4 is 0 Å². The van der Waals surface area contributed by atoms with Crippen LogP contribution in [-0.2, 0) is 11.3 Å². The van der Waals surface area contributed by atoms with Crippen molar-refractivity contribution in [3.05, 3.63) is 23.7 Å². The van der Waals surface area contributed by atoms with Crippen LogP contribution in [0.2, 0.25) is 0 Å². The summed E-state index contributed by atoms with van der Waals surface area (Å²) < 4.78 is 10.6. The van der Waals surface area contributed by atoms with Crippen molar-refractivity contribution in [1.82, 2.24) is 4.90 Å². The van der Waals surface area contributed by atoms with Crippen molar-refractivity contribution < 1.29 is 14.3 Å². The summed E-state index contributed by atoms with van der Waals surface area (Å²) in [4.78, 5) is 2.18. The molecule has 0 spiro atoms. The van der Waals surface area contributed by atoms with Gasteiger partial charge in [-0.1, -0.05) is 0 Å². The quantitative estimate of drug-likeness (QED) is 0.705. The molecule has 0 aliphatic carbocycles. The molecule has 0 fully saturated rings. The number of furan rings is 1. The van der Waals surface area contributed by atoms with Gasteiger partial charge in [0.15, 0.2) is 0 Å². The minimum atomic E-state index is -0.325. The third-order valence-electron chi connectivity index (χ3n) is 2.52. The molecule has 0 aromatic carbocycles. The Balaban J connectivity index is 2.44. The van der Waals surface area contributed by atoms with E-state index >= 15 is 0 Å². The summed E-state index contributed by atoms with van der Waals surface area (Å²) >= 11 is 0. The van der Waals surface area contributed by atoms with Crippen LogP contribution in [0.3, 0.4) is 0 Å². The normalized spacial score (nSPS) is 13.2. The average molecular weight is 241 g/mol. The summed E-state index contributed by atoms with van der Waals surface area (Å²) in [7, 11) is 1.70. The Hall–Kier alpha value is -0.840. The lowest BCUT2D eigenvalue weighted by Gasteiger charge is -2.22. The van der Waals surface area contributed by atoms with Crippen molar-refractivity contribution >= 4 is 0 Å². The molecule has 1 aromatic heterocycles. The van der Waals surface area contributed by atoms with Gasteiger partial charge in [0.25, 0.3) is 0 Å². The van der Waals surface area contributed by atoms with Crippen molar-refractivity contribution in [1.29, 1.82) is 0 Å². The van der Waals surface area contributed by atoms with Crippen LogP contribution in [-0.4, -0.2) is 42.9 Å². The van der Waals surface area contributed by atoms with Gasteiger partial charge >= 0.3 is 0 Å². The number of rotatable bonds is 8. The highest BCUT2D eigenvalue weighted by molar-refractivity contribution is 5.05. The van der Waals surface area contributed by atoms with Gasteiger partial charge in [-0.15, -0.1) is 0 Å². The molecule has 1 rings (SSSR count). The molecular weight excluding hydrogens is 218 g/mol. The smallest absolute Gasteiger partial charge is 0.118 e. The Bertz CT molecular complexity index is 309. The van der Waals surface area contributed by atoms with E-state index < -0.39 is 0 Å². The van der Waals surface area contributed by atoms with Crippen LogP contribution in [0.4, 0.5) is 0 Å². The van der Waals surface area contributed by atoms with E-state index in [1.807, 2.05) is 19.1 Å². The summed E-state index contributed by atoms with van der Waals surface area (Å²) in [6.45, 7) is 6.78. The highest BCUT2D eigenvalue weighted by Gasteiger charge is 2.10. The number of nitrogens with zero attached hydrogens (tertiary/aromatic N) is 1. The van der Waals surface area contributed by atoms with Crippen LogP contribution in [0.15, 0.2) is 16.5 Å². The van der Waals surface area contributed by atoms with E-state index in [1.165, 1.54) is 0 Å². The Kier molecular flexibility index (Phi) is 6.26. The molecule has 4 heteroatoms. The largest absolute Gasteiger partial charge is 0.465 e. The number of methoxy groups -OCH3 is 1. The summed E-state index contributed by atoms with van der Waals surface area (Å²) in [6.07, 6.45) is 0.636. The Labute approximate surface area is 103 Å². The number of aliphatic hydroxyl groups excluding tert-OH is 1. The van der Waals surface area contributed by atoms with Gasteiger partial charge in [0.05, 0.1) is 12.6 Å². The van der Waals surface area contributed by atoms with Crippen molar-refractivity contribution in [3.63, 3.8) is 0 Å². The van der Waals surface area contributed by atoms with Gasteiger partial charge < -0.3 is 14.3 Å². The summed E-state index contributed by atoms with van der Waals surface area (Å²) in [5.74, 6) is 1.87. The van der Waals surface area contributed by atoms with Gasteiger partial charge in [-0.05, 0) is 32.4 Å². The summed E-state index contributed by atoms with van der Waals surface area (Å²) in [5.41, 5.74) is 0. The monoisotopic (exact) mass is 241 g/mol. The first kappa shape index (κ1) is 14.2. The van der Waals surface area contributed by atoms with Crippen molar-refractivity contribution in [2.45, 2.75) is 32.9 Å².